The monoisotopic (exact) mass is 310 g/mol. The normalized spacial score (nSPS) is 10.1. The number of H-pyrrole nitrogens is 1. The van der Waals surface area contributed by atoms with Crippen LogP contribution in [-0.2, 0) is 0 Å². The third-order valence-corrected chi connectivity index (χ3v) is 2.51. The number of aromatic carboxylic acids is 1. The van der Waals surface area contributed by atoms with Crippen LogP contribution in [0.1, 0.15) is 20.8 Å². The predicted octanol–water partition coefficient (Wildman–Crippen LogP) is 1.52. The van der Waals surface area contributed by atoms with E-state index in [0.29, 0.717) is 10.2 Å². The molecular formula is C10H7BrN4O3. The number of carboxylic acid groups (broad SMARTS) is 1. The fourth-order valence-corrected chi connectivity index (χ4v) is 1.43. The van der Waals surface area contributed by atoms with E-state index < -0.39 is 11.9 Å². The van der Waals surface area contributed by atoms with E-state index in [2.05, 4.69) is 36.4 Å². The lowest BCUT2D eigenvalue weighted by Gasteiger charge is -2.00. The number of carbonyl (C=O) groups is 2. The average molecular weight is 311 g/mol. The Hall–Kier alpha value is -2.22. The number of anilines is 1. The van der Waals surface area contributed by atoms with E-state index in [0.717, 1.165) is 0 Å². The highest BCUT2D eigenvalue weighted by Crippen LogP contribution is 2.10. The fourth-order valence-electron chi connectivity index (χ4n) is 1.19. The van der Waals surface area contributed by atoms with E-state index in [1.807, 2.05) is 0 Å². The molecule has 0 saturated heterocycles. The predicted molar refractivity (Wildman–Crippen MR) is 65.4 cm³/mol. The maximum absolute atomic E-state index is 11.7. The molecule has 92 valence electrons. The van der Waals surface area contributed by atoms with Gasteiger partial charge in [-0.2, -0.15) is 5.10 Å². The van der Waals surface area contributed by atoms with Crippen LogP contribution in [-0.4, -0.2) is 32.2 Å². The van der Waals surface area contributed by atoms with Crippen molar-refractivity contribution in [1.82, 2.24) is 15.2 Å². The van der Waals surface area contributed by atoms with Gasteiger partial charge >= 0.3 is 5.97 Å². The lowest BCUT2D eigenvalue weighted by atomic mass is 10.3. The topological polar surface area (TPSA) is 108 Å². The number of nitrogens with zero attached hydrogens (tertiary/aromatic N) is 2. The van der Waals surface area contributed by atoms with Crippen molar-refractivity contribution in [2.75, 3.05) is 5.32 Å². The van der Waals surface area contributed by atoms with Gasteiger partial charge in [0, 0.05) is 12.3 Å². The van der Waals surface area contributed by atoms with Gasteiger partial charge in [0.1, 0.15) is 10.3 Å². The van der Waals surface area contributed by atoms with Crippen molar-refractivity contribution < 1.29 is 14.7 Å². The van der Waals surface area contributed by atoms with Crippen LogP contribution < -0.4 is 5.32 Å². The van der Waals surface area contributed by atoms with Gasteiger partial charge in [0.25, 0.3) is 5.91 Å². The average Bonchev–Trinajstić information content (AvgIpc) is 2.78. The highest BCUT2D eigenvalue weighted by Gasteiger charge is 2.11. The van der Waals surface area contributed by atoms with Gasteiger partial charge in [-0.3, -0.25) is 9.89 Å². The van der Waals surface area contributed by atoms with Gasteiger partial charge in [-0.15, -0.1) is 0 Å². The van der Waals surface area contributed by atoms with E-state index >= 15 is 0 Å². The highest BCUT2D eigenvalue weighted by molar-refractivity contribution is 9.10. The molecule has 1 amide bonds. The van der Waals surface area contributed by atoms with E-state index in [9.17, 15) is 9.59 Å². The summed E-state index contributed by atoms with van der Waals surface area (Å²) in [6, 6.07) is 4.44. The van der Waals surface area contributed by atoms with E-state index in [4.69, 9.17) is 5.11 Å². The Kier molecular flexibility index (Phi) is 3.38. The number of carboxylic acids is 1. The first-order valence-corrected chi connectivity index (χ1v) is 5.57. The van der Waals surface area contributed by atoms with Crippen LogP contribution in [0.4, 0.5) is 5.82 Å². The summed E-state index contributed by atoms with van der Waals surface area (Å²) in [6.07, 6.45) is 1.39. The molecule has 7 nitrogen and oxygen atoms in total. The Bertz CT molecular complexity index is 593. The molecule has 0 aliphatic rings. The third kappa shape index (κ3) is 2.72. The highest BCUT2D eigenvalue weighted by atomic mass is 79.9. The molecule has 0 aliphatic heterocycles. The molecule has 8 heteroatoms. The van der Waals surface area contributed by atoms with Crippen LogP contribution in [0.25, 0.3) is 0 Å². The summed E-state index contributed by atoms with van der Waals surface area (Å²) >= 11 is 3.16. The van der Waals surface area contributed by atoms with Crippen molar-refractivity contribution in [3.63, 3.8) is 0 Å². The van der Waals surface area contributed by atoms with Crippen molar-refractivity contribution in [1.29, 1.82) is 0 Å². The minimum atomic E-state index is -1.15. The van der Waals surface area contributed by atoms with Crippen LogP contribution in [0.2, 0.25) is 0 Å². The molecule has 2 rings (SSSR count). The summed E-state index contributed by atoms with van der Waals surface area (Å²) in [7, 11) is 0. The number of hydrogen-bond acceptors (Lipinski definition) is 4. The van der Waals surface area contributed by atoms with Crippen LogP contribution >= 0.6 is 15.9 Å². The summed E-state index contributed by atoms with van der Waals surface area (Å²) in [5.41, 5.74) is 0.248. The zero-order chi connectivity index (χ0) is 13.1. The smallest absolute Gasteiger partial charge is 0.353 e. The van der Waals surface area contributed by atoms with Crippen molar-refractivity contribution in [2.24, 2.45) is 0 Å². The van der Waals surface area contributed by atoms with Gasteiger partial charge in [0.2, 0.25) is 0 Å². The number of aromatic amines is 1. The zero-order valence-corrected chi connectivity index (χ0v) is 10.4. The Morgan fingerprint density at radius 3 is 2.72 bits per heavy atom. The molecule has 0 saturated carbocycles. The standard InChI is InChI=1S/C10H7BrN4O3/c11-7-2-1-5(4-12-7)9(16)13-8-3-6(10(17)18)14-15-8/h1-4H,(H,17,18)(H2,13,14,15,16). The molecule has 0 aliphatic carbocycles. The minimum Gasteiger partial charge on any atom is -0.477 e. The quantitative estimate of drug-likeness (QED) is 0.745. The molecule has 2 aromatic rings. The molecule has 2 aromatic heterocycles. The Morgan fingerprint density at radius 2 is 2.17 bits per heavy atom. The molecule has 18 heavy (non-hydrogen) atoms. The van der Waals surface area contributed by atoms with Crippen molar-refractivity contribution in [3.8, 4) is 0 Å². The summed E-state index contributed by atoms with van der Waals surface area (Å²) in [5.74, 6) is -1.42. The van der Waals surface area contributed by atoms with Crippen LogP contribution in [0.5, 0.6) is 0 Å². The largest absolute Gasteiger partial charge is 0.477 e. The van der Waals surface area contributed by atoms with Gasteiger partial charge < -0.3 is 10.4 Å². The Morgan fingerprint density at radius 1 is 1.39 bits per heavy atom. The Balaban J connectivity index is 2.11. The molecule has 0 atom stereocenters. The fraction of sp³-hybridized carbons (Fsp3) is 0. The molecule has 3 N–H and O–H groups in total. The van der Waals surface area contributed by atoms with Crippen LogP contribution in [0, 0.1) is 0 Å². The number of amides is 1. The molecule has 0 bridgehead atoms. The first-order chi connectivity index (χ1) is 8.56. The van der Waals surface area contributed by atoms with Gasteiger partial charge in [-0.25, -0.2) is 9.78 Å². The maximum atomic E-state index is 11.7. The minimum absolute atomic E-state index is 0.0979. The van der Waals surface area contributed by atoms with E-state index in [-0.39, 0.29) is 11.5 Å². The molecule has 2 heterocycles. The Labute approximate surface area is 109 Å². The maximum Gasteiger partial charge on any atom is 0.353 e. The second kappa shape index (κ2) is 4.96. The van der Waals surface area contributed by atoms with Crippen LogP contribution in [0.15, 0.2) is 29.0 Å². The second-order valence-electron chi connectivity index (χ2n) is 3.30. The molecule has 0 aromatic carbocycles. The van der Waals surface area contributed by atoms with Crippen molar-refractivity contribution in [2.45, 2.75) is 0 Å². The molecule has 0 unspecified atom stereocenters. The first-order valence-electron chi connectivity index (χ1n) is 4.78. The number of carbonyl (C=O) groups excluding carboxylic acids is 1. The van der Waals surface area contributed by atoms with E-state index in [1.54, 1.807) is 12.1 Å². The van der Waals surface area contributed by atoms with Gasteiger partial charge in [0.15, 0.2) is 5.82 Å². The summed E-state index contributed by atoms with van der Waals surface area (Å²) in [5, 5.41) is 17.1. The second-order valence-corrected chi connectivity index (χ2v) is 4.11. The number of aromatic nitrogens is 3. The number of rotatable bonds is 3. The zero-order valence-electron chi connectivity index (χ0n) is 8.85. The molecule has 0 radical (unpaired) electrons. The lowest BCUT2D eigenvalue weighted by Crippen LogP contribution is -2.12. The van der Waals surface area contributed by atoms with Crippen molar-refractivity contribution >= 4 is 33.6 Å². The molecule has 0 spiro atoms. The third-order valence-electron chi connectivity index (χ3n) is 2.04. The molecular weight excluding hydrogens is 304 g/mol. The lowest BCUT2D eigenvalue weighted by molar-refractivity contribution is 0.0690. The van der Waals surface area contributed by atoms with Gasteiger partial charge in [-0.05, 0) is 28.1 Å². The van der Waals surface area contributed by atoms with Crippen molar-refractivity contribution in [3.05, 3.63) is 40.3 Å². The van der Waals surface area contributed by atoms with Crippen LogP contribution in [0.3, 0.4) is 0 Å². The molecule has 0 fully saturated rings. The summed E-state index contributed by atoms with van der Waals surface area (Å²) in [6.45, 7) is 0. The van der Waals surface area contributed by atoms with Gasteiger partial charge in [-0.1, -0.05) is 0 Å². The number of hydrogen-bond donors (Lipinski definition) is 3. The number of pyridine rings is 1. The first kappa shape index (κ1) is 12.2. The SMILES string of the molecule is O=C(Nc1cc(C(=O)O)[nH]n1)c1ccc(Br)nc1. The summed E-state index contributed by atoms with van der Waals surface area (Å²) in [4.78, 5) is 26.3. The van der Waals surface area contributed by atoms with Gasteiger partial charge in [0.05, 0.1) is 5.56 Å². The number of halogens is 1. The van der Waals surface area contributed by atoms with E-state index in [1.165, 1.54) is 12.3 Å². The number of nitrogens with one attached hydrogen (secondary N) is 2. The summed E-state index contributed by atoms with van der Waals surface area (Å²) < 4.78 is 0.618.